The van der Waals surface area contributed by atoms with Crippen LogP contribution in [0.4, 0.5) is 17.1 Å². The highest BCUT2D eigenvalue weighted by molar-refractivity contribution is 14.1. The number of hydrogen-bond donors (Lipinski definition) is 2. The third kappa shape index (κ3) is 4.17. The smallest absolute Gasteiger partial charge is 0.142 e. The van der Waals surface area contributed by atoms with E-state index >= 15 is 0 Å². The van der Waals surface area contributed by atoms with Gasteiger partial charge in [-0.2, -0.15) is 0 Å². The lowest BCUT2D eigenvalue weighted by atomic mass is 10.2. The number of nitrogens with one attached hydrogen (secondary N) is 1. The van der Waals surface area contributed by atoms with Crippen LogP contribution < -0.4 is 20.5 Å². The summed E-state index contributed by atoms with van der Waals surface area (Å²) in [5.74, 6) is 1.61. The van der Waals surface area contributed by atoms with Crippen LogP contribution in [0.5, 0.6) is 11.5 Å². The van der Waals surface area contributed by atoms with Gasteiger partial charge in [-0.15, -0.1) is 0 Å². The van der Waals surface area contributed by atoms with E-state index in [4.69, 9.17) is 15.2 Å². The number of hydrogen-bond acceptors (Lipinski definition) is 4. The number of halogens is 1. The normalized spacial score (nSPS) is 10.2. The molecule has 21 heavy (non-hydrogen) atoms. The lowest BCUT2D eigenvalue weighted by Gasteiger charge is -2.15. The highest BCUT2D eigenvalue weighted by Crippen LogP contribution is 2.33. The Balaban J connectivity index is 2.33. The minimum atomic E-state index is 0.613. The molecule has 0 aliphatic rings. The Labute approximate surface area is 138 Å². The van der Waals surface area contributed by atoms with E-state index in [1.54, 1.807) is 0 Å². The average molecular weight is 398 g/mol. The van der Waals surface area contributed by atoms with Crippen molar-refractivity contribution >= 4 is 39.7 Å². The van der Waals surface area contributed by atoms with Crippen LogP contribution in [0.2, 0.25) is 0 Å². The standard InChI is InChI=1S/C16H19IN2O2/c1-3-20-12-6-8-16(21-4-2)15(10-12)19-14-7-5-11(18)9-13(14)17/h5-10,19H,3-4,18H2,1-2H3. The van der Waals surface area contributed by atoms with Gasteiger partial charge in [-0.3, -0.25) is 0 Å². The van der Waals surface area contributed by atoms with E-state index in [2.05, 4.69) is 27.9 Å². The van der Waals surface area contributed by atoms with Gasteiger partial charge in [0.05, 0.1) is 24.6 Å². The molecule has 4 nitrogen and oxygen atoms in total. The largest absolute Gasteiger partial charge is 0.494 e. The Bertz CT molecular complexity index is 617. The molecule has 0 unspecified atom stereocenters. The predicted molar refractivity (Wildman–Crippen MR) is 95.6 cm³/mol. The molecule has 112 valence electrons. The second kappa shape index (κ2) is 7.40. The second-order valence-corrected chi connectivity index (χ2v) is 5.55. The summed E-state index contributed by atoms with van der Waals surface area (Å²) in [6, 6.07) is 11.5. The first-order valence-corrected chi connectivity index (χ1v) is 7.93. The molecule has 0 aliphatic carbocycles. The molecule has 0 amide bonds. The average Bonchev–Trinajstić information content (AvgIpc) is 2.45. The maximum Gasteiger partial charge on any atom is 0.142 e. The molecule has 0 atom stereocenters. The number of benzene rings is 2. The van der Waals surface area contributed by atoms with Crippen molar-refractivity contribution < 1.29 is 9.47 Å². The van der Waals surface area contributed by atoms with E-state index in [0.717, 1.165) is 32.1 Å². The third-order valence-electron chi connectivity index (χ3n) is 2.82. The maximum absolute atomic E-state index is 5.78. The molecule has 0 saturated carbocycles. The quantitative estimate of drug-likeness (QED) is 0.559. The van der Waals surface area contributed by atoms with Gasteiger partial charge < -0.3 is 20.5 Å². The highest BCUT2D eigenvalue weighted by atomic mass is 127. The van der Waals surface area contributed by atoms with E-state index in [1.165, 1.54) is 0 Å². The molecule has 0 fully saturated rings. The summed E-state index contributed by atoms with van der Waals surface area (Å²) in [6.45, 7) is 5.17. The molecule has 2 rings (SSSR count). The summed E-state index contributed by atoms with van der Waals surface area (Å²) in [5.41, 5.74) is 8.40. The number of rotatable bonds is 6. The molecule has 0 aromatic heterocycles. The van der Waals surface area contributed by atoms with Gasteiger partial charge in [-0.25, -0.2) is 0 Å². The molecule has 3 N–H and O–H groups in total. The molecular weight excluding hydrogens is 379 g/mol. The summed E-state index contributed by atoms with van der Waals surface area (Å²) < 4.78 is 12.3. The van der Waals surface area contributed by atoms with Crippen LogP contribution >= 0.6 is 22.6 Å². The van der Waals surface area contributed by atoms with Gasteiger partial charge in [0.1, 0.15) is 11.5 Å². The van der Waals surface area contributed by atoms with Crippen molar-refractivity contribution in [3.63, 3.8) is 0 Å². The first-order valence-electron chi connectivity index (χ1n) is 6.85. The lowest BCUT2D eigenvalue weighted by molar-refractivity contribution is 0.332. The number of nitrogen functional groups attached to an aromatic ring is 1. The molecule has 2 aromatic rings. The van der Waals surface area contributed by atoms with Crippen LogP contribution in [-0.2, 0) is 0 Å². The number of nitrogens with two attached hydrogens (primary N) is 1. The minimum absolute atomic E-state index is 0.613. The molecule has 0 heterocycles. The third-order valence-corrected chi connectivity index (χ3v) is 3.72. The molecule has 0 aliphatic heterocycles. The second-order valence-electron chi connectivity index (χ2n) is 4.39. The van der Waals surface area contributed by atoms with Crippen molar-refractivity contribution in [2.75, 3.05) is 24.3 Å². The first-order chi connectivity index (χ1) is 10.1. The first kappa shape index (κ1) is 15.8. The monoisotopic (exact) mass is 398 g/mol. The van der Waals surface area contributed by atoms with Gasteiger partial charge in [0.2, 0.25) is 0 Å². The fraction of sp³-hybridized carbons (Fsp3) is 0.250. The van der Waals surface area contributed by atoms with E-state index in [0.29, 0.717) is 13.2 Å². The van der Waals surface area contributed by atoms with Crippen molar-refractivity contribution in [1.29, 1.82) is 0 Å². The maximum atomic E-state index is 5.78. The van der Waals surface area contributed by atoms with Crippen molar-refractivity contribution in [3.8, 4) is 11.5 Å². The van der Waals surface area contributed by atoms with Gasteiger partial charge >= 0.3 is 0 Å². The minimum Gasteiger partial charge on any atom is -0.494 e. The van der Waals surface area contributed by atoms with E-state index in [9.17, 15) is 0 Å². The van der Waals surface area contributed by atoms with E-state index in [-0.39, 0.29) is 0 Å². The van der Waals surface area contributed by atoms with Crippen LogP contribution in [0.15, 0.2) is 36.4 Å². The zero-order valence-corrected chi connectivity index (χ0v) is 14.3. The number of ether oxygens (including phenoxy) is 2. The van der Waals surface area contributed by atoms with E-state index in [1.807, 2.05) is 50.2 Å². The van der Waals surface area contributed by atoms with Gasteiger partial charge in [0, 0.05) is 15.3 Å². The Morgan fingerprint density at radius 3 is 2.43 bits per heavy atom. The van der Waals surface area contributed by atoms with Crippen LogP contribution in [0.1, 0.15) is 13.8 Å². The molecule has 0 spiro atoms. The number of anilines is 3. The van der Waals surface area contributed by atoms with Gasteiger partial charge in [0.25, 0.3) is 0 Å². The van der Waals surface area contributed by atoms with Crippen molar-refractivity contribution in [2.24, 2.45) is 0 Å². The van der Waals surface area contributed by atoms with Gasteiger partial charge in [0.15, 0.2) is 0 Å². The molecule has 0 bridgehead atoms. The Kier molecular flexibility index (Phi) is 5.55. The molecule has 0 saturated heterocycles. The summed E-state index contributed by atoms with van der Waals surface area (Å²) in [5, 5.41) is 3.38. The molecular formula is C16H19IN2O2. The Hall–Kier alpha value is -1.63. The van der Waals surface area contributed by atoms with Crippen molar-refractivity contribution in [3.05, 3.63) is 40.0 Å². The summed E-state index contributed by atoms with van der Waals surface area (Å²) in [4.78, 5) is 0. The zero-order chi connectivity index (χ0) is 15.2. The zero-order valence-electron chi connectivity index (χ0n) is 12.2. The fourth-order valence-corrected chi connectivity index (χ4v) is 2.60. The van der Waals surface area contributed by atoms with Crippen LogP contribution in [0.3, 0.4) is 0 Å². The van der Waals surface area contributed by atoms with Gasteiger partial charge in [-0.1, -0.05) is 0 Å². The summed E-state index contributed by atoms with van der Waals surface area (Å²) in [6.07, 6.45) is 0. The van der Waals surface area contributed by atoms with Crippen molar-refractivity contribution in [1.82, 2.24) is 0 Å². The molecule has 0 radical (unpaired) electrons. The van der Waals surface area contributed by atoms with Crippen molar-refractivity contribution in [2.45, 2.75) is 13.8 Å². The summed E-state index contributed by atoms with van der Waals surface area (Å²) >= 11 is 2.26. The van der Waals surface area contributed by atoms with E-state index < -0.39 is 0 Å². The van der Waals surface area contributed by atoms with Gasteiger partial charge in [-0.05, 0) is 66.8 Å². The topological polar surface area (TPSA) is 56.5 Å². The van der Waals surface area contributed by atoms with Crippen LogP contribution in [0, 0.1) is 3.57 Å². The summed E-state index contributed by atoms with van der Waals surface area (Å²) in [7, 11) is 0. The molecule has 5 heteroatoms. The Morgan fingerprint density at radius 2 is 1.76 bits per heavy atom. The SMILES string of the molecule is CCOc1ccc(OCC)c(Nc2ccc(N)cc2I)c1. The Morgan fingerprint density at radius 1 is 1.00 bits per heavy atom. The van der Waals surface area contributed by atoms with Crippen LogP contribution in [0.25, 0.3) is 0 Å². The highest BCUT2D eigenvalue weighted by Gasteiger charge is 2.08. The predicted octanol–water partition coefficient (Wildman–Crippen LogP) is 4.41. The fourth-order valence-electron chi connectivity index (χ4n) is 1.92. The molecule has 2 aromatic carbocycles. The lowest BCUT2D eigenvalue weighted by Crippen LogP contribution is -2.01. The van der Waals surface area contributed by atoms with Crippen LogP contribution in [-0.4, -0.2) is 13.2 Å².